The second-order valence-corrected chi connectivity index (χ2v) is 5.08. The molecule has 2 atom stereocenters. The number of nitrogen functional groups attached to an aromatic ring is 1. The lowest BCUT2D eigenvalue weighted by molar-refractivity contribution is 0.0600. The maximum atomic E-state index is 11.5. The third kappa shape index (κ3) is 3.16. The Balaban J connectivity index is 2.14. The Morgan fingerprint density at radius 3 is 2.95 bits per heavy atom. The van der Waals surface area contributed by atoms with Gasteiger partial charge in [-0.05, 0) is 31.2 Å². The quantitative estimate of drug-likeness (QED) is 0.848. The van der Waals surface area contributed by atoms with Crippen LogP contribution in [0.2, 0.25) is 0 Å². The first-order valence-electron chi connectivity index (χ1n) is 6.61. The highest BCUT2D eigenvalue weighted by Gasteiger charge is 2.23. The van der Waals surface area contributed by atoms with E-state index in [0.29, 0.717) is 17.4 Å². The van der Waals surface area contributed by atoms with E-state index in [0.717, 1.165) is 19.3 Å². The van der Waals surface area contributed by atoms with Crippen LogP contribution in [0.4, 0.5) is 5.69 Å². The average Bonchev–Trinajstić information content (AvgIpc) is 2.40. The van der Waals surface area contributed by atoms with Crippen LogP contribution in [0.3, 0.4) is 0 Å². The van der Waals surface area contributed by atoms with Crippen molar-refractivity contribution in [1.29, 1.82) is 0 Å². The highest BCUT2D eigenvalue weighted by Crippen LogP contribution is 2.30. The van der Waals surface area contributed by atoms with Gasteiger partial charge in [0.25, 0.3) is 0 Å². The molecule has 0 spiro atoms. The lowest BCUT2D eigenvalue weighted by Gasteiger charge is -2.27. The predicted octanol–water partition coefficient (Wildman–Crippen LogP) is 2.41. The number of nitrogens with zero attached hydrogens (tertiary/aromatic N) is 1. The number of nitrogens with two attached hydrogens (primary N) is 1. The SMILES string of the molecule is COC(=O)c1ccnc(OC2CCCC(C)C2)c1N. The molecule has 5 heteroatoms. The van der Waals surface area contributed by atoms with Gasteiger partial charge in [0.2, 0.25) is 5.88 Å². The Morgan fingerprint density at radius 1 is 1.47 bits per heavy atom. The van der Waals surface area contributed by atoms with Crippen molar-refractivity contribution >= 4 is 11.7 Å². The zero-order valence-electron chi connectivity index (χ0n) is 11.4. The number of methoxy groups -OCH3 is 1. The zero-order valence-corrected chi connectivity index (χ0v) is 11.4. The Labute approximate surface area is 113 Å². The summed E-state index contributed by atoms with van der Waals surface area (Å²) in [6, 6.07) is 1.54. The molecule has 1 saturated carbocycles. The summed E-state index contributed by atoms with van der Waals surface area (Å²) in [6.07, 6.45) is 6.06. The van der Waals surface area contributed by atoms with Gasteiger partial charge in [0.15, 0.2) is 0 Å². The molecule has 1 aromatic heterocycles. The summed E-state index contributed by atoms with van der Waals surface area (Å²) >= 11 is 0. The van der Waals surface area contributed by atoms with Crippen molar-refractivity contribution in [3.8, 4) is 5.88 Å². The van der Waals surface area contributed by atoms with Crippen LogP contribution < -0.4 is 10.5 Å². The number of carbonyl (C=O) groups excluding carboxylic acids is 1. The van der Waals surface area contributed by atoms with Gasteiger partial charge in [-0.25, -0.2) is 9.78 Å². The van der Waals surface area contributed by atoms with E-state index in [2.05, 4.69) is 16.6 Å². The standard InChI is InChI=1S/C14H20N2O3/c1-9-4-3-5-10(8-9)19-13-12(15)11(6-7-16-13)14(17)18-2/h6-7,9-10H,3-5,8,15H2,1-2H3. The molecule has 0 aliphatic heterocycles. The van der Waals surface area contributed by atoms with E-state index in [1.54, 1.807) is 0 Å². The number of pyridine rings is 1. The predicted molar refractivity (Wildman–Crippen MR) is 72.0 cm³/mol. The van der Waals surface area contributed by atoms with Crippen molar-refractivity contribution in [1.82, 2.24) is 4.98 Å². The summed E-state index contributed by atoms with van der Waals surface area (Å²) in [4.78, 5) is 15.7. The molecule has 1 aromatic rings. The highest BCUT2D eigenvalue weighted by molar-refractivity contribution is 5.95. The Morgan fingerprint density at radius 2 is 2.26 bits per heavy atom. The van der Waals surface area contributed by atoms with E-state index in [1.165, 1.54) is 25.8 Å². The fourth-order valence-electron chi connectivity index (χ4n) is 2.48. The van der Waals surface area contributed by atoms with Gasteiger partial charge in [0, 0.05) is 6.20 Å². The molecule has 0 amide bonds. The molecule has 2 rings (SSSR count). The second-order valence-electron chi connectivity index (χ2n) is 5.08. The molecular weight excluding hydrogens is 244 g/mol. The maximum absolute atomic E-state index is 11.5. The van der Waals surface area contributed by atoms with Crippen molar-refractivity contribution in [2.24, 2.45) is 5.92 Å². The number of esters is 1. The number of rotatable bonds is 3. The first-order chi connectivity index (χ1) is 9.11. The van der Waals surface area contributed by atoms with Crippen LogP contribution >= 0.6 is 0 Å². The topological polar surface area (TPSA) is 74.4 Å². The van der Waals surface area contributed by atoms with Crippen LogP contribution in [0, 0.1) is 5.92 Å². The number of anilines is 1. The van der Waals surface area contributed by atoms with Gasteiger partial charge in [0.05, 0.1) is 12.7 Å². The number of ether oxygens (including phenoxy) is 2. The summed E-state index contributed by atoms with van der Waals surface area (Å²) in [5.74, 6) is 0.521. The van der Waals surface area contributed by atoms with Crippen LogP contribution in [0.25, 0.3) is 0 Å². The summed E-state index contributed by atoms with van der Waals surface area (Å²) in [6.45, 7) is 2.22. The molecule has 1 fully saturated rings. The van der Waals surface area contributed by atoms with E-state index in [9.17, 15) is 4.79 Å². The van der Waals surface area contributed by atoms with Gasteiger partial charge in [0.1, 0.15) is 11.8 Å². The average molecular weight is 264 g/mol. The third-order valence-corrected chi connectivity index (χ3v) is 3.53. The molecule has 5 nitrogen and oxygen atoms in total. The second kappa shape index (κ2) is 5.91. The molecule has 104 valence electrons. The minimum Gasteiger partial charge on any atom is -0.473 e. The van der Waals surface area contributed by atoms with E-state index in [1.807, 2.05) is 0 Å². The van der Waals surface area contributed by atoms with Crippen LogP contribution in [0.5, 0.6) is 5.88 Å². The van der Waals surface area contributed by atoms with Gasteiger partial charge in [-0.1, -0.05) is 13.3 Å². The monoisotopic (exact) mass is 264 g/mol. The van der Waals surface area contributed by atoms with Crippen LogP contribution in [0.15, 0.2) is 12.3 Å². The first kappa shape index (κ1) is 13.6. The molecule has 0 radical (unpaired) electrons. The molecule has 1 aliphatic carbocycles. The Bertz CT molecular complexity index is 462. The molecule has 1 aliphatic rings. The van der Waals surface area contributed by atoms with E-state index >= 15 is 0 Å². The highest BCUT2D eigenvalue weighted by atomic mass is 16.5. The molecule has 0 saturated heterocycles. The molecule has 0 aromatic carbocycles. The minimum absolute atomic E-state index is 0.131. The minimum atomic E-state index is -0.471. The van der Waals surface area contributed by atoms with Crippen molar-refractivity contribution < 1.29 is 14.3 Å². The molecule has 0 bridgehead atoms. The maximum Gasteiger partial charge on any atom is 0.340 e. The summed E-state index contributed by atoms with van der Waals surface area (Å²) in [5.41, 5.74) is 6.48. The molecule has 2 unspecified atom stereocenters. The van der Waals surface area contributed by atoms with Gasteiger partial charge >= 0.3 is 5.97 Å². The number of aromatic nitrogens is 1. The van der Waals surface area contributed by atoms with Crippen molar-refractivity contribution in [3.05, 3.63) is 17.8 Å². The molecule has 19 heavy (non-hydrogen) atoms. The number of carbonyl (C=O) groups is 1. The molecule has 1 heterocycles. The lowest BCUT2D eigenvalue weighted by Crippen LogP contribution is -2.25. The van der Waals surface area contributed by atoms with Crippen molar-refractivity contribution in [2.75, 3.05) is 12.8 Å². The van der Waals surface area contributed by atoms with E-state index in [4.69, 9.17) is 10.5 Å². The fraction of sp³-hybridized carbons (Fsp3) is 0.571. The van der Waals surface area contributed by atoms with Gasteiger partial charge in [-0.15, -0.1) is 0 Å². The van der Waals surface area contributed by atoms with Crippen LogP contribution in [-0.4, -0.2) is 24.2 Å². The Hall–Kier alpha value is -1.78. The Kier molecular flexibility index (Phi) is 4.24. The summed E-state index contributed by atoms with van der Waals surface area (Å²) in [7, 11) is 1.32. The smallest absolute Gasteiger partial charge is 0.340 e. The summed E-state index contributed by atoms with van der Waals surface area (Å²) in [5, 5.41) is 0. The number of hydrogen-bond acceptors (Lipinski definition) is 5. The van der Waals surface area contributed by atoms with Crippen LogP contribution in [0.1, 0.15) is 43.0 Å². The van der Waals surface area contributed by atoms with Crippen molar-refractivity contribution in [2.45, 2.75) is 38.7 Å². The molecule has 2 N–H and O–H groups in total. The van der Waals surface area contributed by atoms with Crippen molar-refractivity contribution in [3.63, 3.8) is 0 Å². The fourth-order valence-corrected chi connectivity index (χ4v) is 2.48. The normalized spacial score (nSPS) is 22.8. The summed E-state index contributed by atoms with van der Waals surface area (Å²) < 4.78 is 10.5. The lowest BCUT2D eigenvalue weighted by atomic mass is 9.89. The third-order valence-electron chi connectivity index (χ3n) is 3.53. The zero-order chi connectivity index (χ0) is 13.8. The van der Waals surface area contributed by atoms with Gasteiger partial charge in [-0.2, -0.15) is 0 Å². The molecular formula is C14H20N2O3. The van der Waals surface area contributed by atoms with Crippen LogP contribution in [-0.2, 0) is 4.74 Å². The van der Waals surface area contributed by atoms with Gasteiger partial charge in [-0.3, -0.25) is 0 Å². The largest absolute Gasteiger partial charge is 0.473 e. The number of hydrogen-bond donors (Lipinski definition) is 1. The first-order valence-corrected chi connectivity index (χ1v) is 6.61. The van der Waals surface area contributed by atoms with E-state index < -0.39 is 5.97 Å². The van der Waals surface area contributed by atoms with Gasteiger partial charge < -0.3 is 15.2 Å². The van der Waals surface area contributed by atoms with E-state index in [-0.39, 0.29) is 11.8 Å².